The molecule has 1 aliphatic carbocycles. The highest BCUT2D eigenvalue weighted by Crippen LogP contribution is 2.28. The van der Waals surface area contributed by atoms with Crippen molar-refractivity contribution in [3.05, 3.63) is 11.1 Å². The normalized spacial score (nSPS) is 17.9. The fourth-order valence-corrected chi connectivity index (χ4v) is 3.22. The third-order valence-corrected chi connectivity index (χ3v) is 4.40. The minimum absolute atomic E-state index is 0.445. The predicted molar refractivity (Wildman–Crippen MR) is 71.9 cm³/mol. The predicted octanol–water partition coefficient (Wildman–Crippen LogP) is 1.85. The molecular weight excluding hydrogens is 250 g/mol. The summed E-state index contributed by atoms with van der Waals surface area (Å²) in [4.78, 5) is 17.2. The van der Waals surface area contributed by atoms with Gasteiger partial charge in [-0.1, -0.05) is 12.8 Å². The van der Waals surface area contributed by atoms with E-state index in [-0.39, 0.29) is 0 Å². The van der Waals surface area contributed by atoms with Crippen LogP contribution in [0.2, 0.25) is 0 Å². The van der Waals surface area contributed by atoms with Crippen molar-refractivity contribution in [3.63, 3.8) is 0 Å². The van der Waals surface area contributed by atoms with Crippen LogP contribution < -0.4 is 10.6 Å². The molecule has 1 unspecified atom stereocenters. The summed E-state index contributed by atoms with van der Waals surface area (Å²) in [6, 6.07) is -1.02. The Morgan fingerprint density at radius 3 is 2.94 bits per heavy atom. The fraction of sp³-hybridized carbons (Fsp3) is 0.667. The Morgan fingerprint density at radius 1 is 1.67 bits per heavy atom. The van der Waals surface area contributed by atoms with Gasteiger partial charge >= 0.3 is 5.97 Å². The highest BCUT2D eigenvalue weighted by molar-refractivity contribution is 7.13. The minimum atomic E-state index is -1.04. The van der Waals surface area contributed by atoms with Crippen LogP contribution in [0.25, 0.3) is 0 Å². The average molecular weight is 269 g/mol. The molecule has 0 spiro atoms. The lowest BCUT2D eigenvalue weighted by Crippen LogP contribution is -2.24. The number of thiazole rings is 1. The summed E-state index contributed by atoms with van der Waals surface area (Å²) in [5, 5.41) is 11.4. The van der Waals surface area contributed by atoms with Crippen LogP contribution in [0, 0.1) is 5.92 Å². The van der Waals surface area contributed by atoms with Gasteiger partial charge in [0, 0.05) is 19.0 Å². The first-order valence-corrected chi connectivity index (χ1v) is 7.11. The first-order chi connectivity index (χ1) is 8.58. The molecule has 0 bridgehead atoms. The van der Waals surface area contributed by atoms with Crippen molar-refractivity contribution < 1.29 is 9.90 Å². The molecule has 100 valence electrons. The molecule has 3 N–H and O–H groups in total. The van der Waals surface area contributed by atoms with Gasteiger partial charge in [-0.2, -0.15) is 0 Å². The van der Waals surface area contributed by atoms with Crippen molar-refractivity contribution in [2.24, 2.45) is 11.7 Å². The van der Waals surface area contributed by atoms with Gasteiger partial charge in [0.15, 0.2) is 5.13 Å². The Kier molecular flexibility index (Phi) is 4.19. The van der Waals surface area contributed by atoms with E-state index in [1.54, 1.807) is 5.38 Å². The molecule has 0 aliphatic heterocycles. The molecule has 1 atom stereocenters. The molecule has 0 amide bonds. The lowest BCUT2D eigenvalue weighted by molar-refractivity contribution is -0.138. The number of nitrogens with two attached hydrogens (primary N) is 1. The second kappa shape index (κ2) is 5.67. The van der Waals surface area contributed by atoms with E-state index in [4.69, 9.17) is 10.8 Å². The van der Waals surface area contributed by atoms with Crippen LogP contribution in [-0.4, -0.2) is 29.7 Å². The third kappa shape index (κ3) is 3.00. The molecule has 1 saturated carbocycles. The van der Waals surface area contributed by atoms with Gasteiger partial charge in [-0.25, -0.2) is 4.98 Å². The maximum absolute atomic E-state index is 10.8. The van der Waals surface area contributed by atoms with E-state index in [1.807, 2.05) is 7.05 Å². The molecule has 1 heterocycles. The number of hydrogen-bond donors (Lipinski definition) is 2. The van der Waals surface area contributed by atoms with Crippen molar-refractivity contribution >= 4 is 22.4 Å². The largest absolute Gasteiger partial charge is 0.480 e. The van der Waals surface area contributed by atoms with E-state index in [0.717, 1.165) is 17.6 Å². The minimum Gasteiger partial charge on any atom is -0.480 e. The van der Waals surface area contributed by atoms with Crippen molar-refractivity contribution in [2.75, 3.05) is 18.5 Å². The van der Waals surface area contributed by atoms with Crippen LogP contribution in [0.3, 0.4) is 0 Å². The van der Waals surface area contributed by atoms with Crippen LogP contribution >= 0.6 is 11.3 Å². The zero-order valence-corrected chi connectivity index (χ0v) is 11.3. The first-order valence-electron chi connectivity index (χ1n) is 6.23. The summed E-state index contributed by atoms with van der Waals surface area (Å²) in [7, 11) is 2.01. The molecular formula is C12H19N3O2S. The topological polar surface area (TPSA) is 79.5 Å². The Balaban J connectivity index is 1.98. The Hall–Kier alpha value is -1.14. The van der Waals surface area contributed by atoms with Crippen molar-refractivity contribution in [3.8, 4) is 0 Å². The Bertz CT molecular complexity index is 415. The van der Waals surface area contributed by atoms with Crippen LogP contribution in [-0.2, 0) is 4.79 Å². The Morgan fingerprint density at radius 2 is 2.33 bits per heavy atom. The van der Waals surface area contributed by atoms with Crippen LogP contribution in [0.5, 0.6) is 0 Å². The molecule has 0 saturated heterocycles. The summed E-state index contributed by atoms with van der Waals surface area (Å²) in [6.07, 6.45) is 5.23. The number of aromatic nitrogens is 1. The SMILES string of the molecule is CN(CC1CCCC1)c1nc(C(N)C(=O)O)cs1. The third-order valence-electron chi connectivity index (χ3n) is 3.43. The van der Waals surface area contributed by atoms with Gasteiger partial charge in [0.2, 0.25) is 0 Å². The maximum Gasteiger partial charge on any atom is 0.326 e. The van der Waals surface area contributed by atoms with Crippen molar-refractivity contribution in [2.45, 2.75) is 31.7 Å². The molecule has 6 heteroatoms. The molecule has 0 aromatic carbocycles. The fourth-order valence-electron chi connectivity index (χ4n) is 2.38. The first kappa shape index (κ1) is 13.3. The van der Waals surface area contributed by atoms with E-state index < -0.39 is 12.0 Å². The van der Waals surface area contributed by atoms with Gasteiger partial charge in [-0.15, -0.1) is 11.3 Å². The number of carboxylic acid groups (broad SMARTS) is 1. The summed E-state index contributed by atoms with van der Waals surface area (Å²) < 4.78 is 0. The number of rotatable bonds is 5. The average Bonchev–Trinajstić information content (AvgIpc) is 2.97. The molecule has 18 heavy (non-hydrogen) atoms. The molecule has 1 aromatic rings. The van der Waals surface area contributed by atoms with Gasteiger partial charge in [-0.05, 0) is 18.8 Å². The monoisotopic (exact) mass is 269 g/mol. The van der Waals surface area contributed by atoms with Gasteiger partial charge in [0.05, 0.1) is 5.69 Å². The number of carboxylic acids is 1. The van der Waals surface area contributed by atoms with E-state index >= 15 is 0 Å². The van der Waals surface area contributed by atoms with E-state index in [1.165, 1.54) is 37.0 Å². The lowest BCUT2D eigenvalue weighted by Gasteiger charge is -2.20. The molecule has 0 radical (unpaired) electrons. The van der Waals surface area contributed by atoms with Crippen LogP contribution in [0.15, 0.2) is 5.38 Å². The summed E-state index contributed by atoms with van der Waals surface area (Å²) in [5.41, 5.74) is 5.99. The second-order valence-corrected chi connectivity index (χ2v) is 5.74. The summed E-state index contributed by atoms with van der Waals surface area (Å²) >= 11 is 1.46. The highest BCUT2D eigenvalue weighted by Gasteiger charge is 2.21. The van der Waals surface area contributed by atoms with E-state index in [9.17, 15) is 4.79 Å². The molecule has 5 nitrogen and oxygen atoms in total. The zero-order valence-electron chi connectivity index (χ0n) is 10.5. The number of anilines is 1. The number of nitrogens with zero attached hydrogens (tertiary/aromatic N) is 2. The lowest BCUT2D eigenvalue weighted by atomic mass is 10.1. The number of hydrogen-bond acceptors (Lipinski definition) is 5. The molecule has 1 aliphatic rings. The zero-order chi connectivity index (χ0) is 13.1. The Labute approximate surface area is 111 Å². The second-order valence-electron chi connectivity index (χ2n) is 4.90. The van der Waals surface area contributed by atoms with Crippen LogP contribution in [0.4, 0.5) is 5.13 Å². The molecule has 2 rings (SSSR count). The van der Waals surface area contributed by atoms with E-state index in [2.05, 4.69) is 9.88 Å². The highest BCUT2D eigenvalue weighted by atomic mass is 32.1. The van der Waals surface area contributed by atoms with Gasteiger partial charge in [-0.3, -0.25) is 4.79 Å². The van der Waals surface area contributed by atoms with Crippen molar-refractivity contribution in [1.29, 1.82) is 0 Å². The van der Waals surface area contributed by atoms with E-state index in [0.29, 0.717) is 5.69 Å². The number of carbonyl (C=O) groups is 1. The summed E-state index contributed by atoms with van der Waals surface area (Å²) in [6.45, 7) is 0.995. The standard InChI is InChI=1S/C12H19N3O2S/c1-15(6-8-4-2-3-5-8)12-14-9(7-18-12)10(13)11(16)17/h7-8,10H,2-6,13H2,1H3,(H,16,17). The smallest absolute Gasteiger partial charge is 0.326 e. The van der Waals surface area contributed by atoms with Gasteiger partial charge in [0.1, 0.15) is 6.04 Å². The maximum atomic E-state index is 10.8. The van der Waals surface area contributed by atoms with Crippen molar-refractivity contribution in [1.82, 2.24) is 4.98 Å². The van der Waals surface area contributed by atoms with Gasteiger partial charge in [0.25, 0.3) is 0 Å². The molecule has 1 aromatic heterocycles. The quantitative estimate of drug-likeness (QED) is 0.853. The summed E-state index contributed by atoms with van der Waals surface area (Å²) in [5.74, 6) is -0.291. The molecule has 1 fully saturated rings. The van der Waals surface area contributed by atoms with Crippen LogP contribution in [0.1, 0.15) is 37.4 Å². The van der Waals surface area contributed by atoms with Gasteiger partial charge < -0.3 is 15.7 Å². The number of aliphatic carboxylic acids is 1.